The molecule has 0 aliphatic heterocycles. The van der Waals surface area contributed by atoms with Crippen LogP contribution in [-0.4, -0.2) is 27.5 Å². The van der Waals surface area contributed by atoms with E-state index >= 15 is 0 Å². The number of anilines is 1. The van der Waals surface area contributed by atoms with E-state index in [1.807, 2.05) is 32.0 Å². The predicted octanol–water partition coefficient (Wildman–Crippen LogP) is 3.18. The number of hydrogen-bond donors (Lipinski definition) is 2. The lowest BCUT2D eigenvalue weighted by molar-refractivity contribution is -0.117. The van der Waals surface area contributed by atoms with Gasteiger partial charge in [0.1, 0.15) is 5.75 Å². The van der Waals surface area contributed by atoms with Gasteiger partial charge in [-0.3, -0.25) is 4.79 Å². The van der Waals surface area contributed by atoms with Gasteiger partial charge in [0.15, 0.2) is 0 Å². The molecule has 2 N–H and O–H groups in total. The van der Waals surface area contributed by atoms with Gasteiger partial charge in [-0.15, -0.1) is 0 Å². The van der Waals surface area contributed by atoms with E-state index in [4.69, 9.17) is 4.74 Å². The second kappa shape index (κ2) is 8.54. The average molecular weight is 391 g/mol. The van der Waals surface area contributed by atoms with Crippen LogP contribution in [0.25, 0.3) is 0 Å². The predicted molar refractivity (Wildman–Crippen MR) is 107 cm³/mol. The van der Waals surface area contributed by atoms with E-state index in [1.54, 1.807) is 13.0 Å². The second-order valence-electron chi connectivity index (χ2n) is 6.43. The summed E-state index contributed by atoms with van der Waals surface area (Å²) in [6.07, 6.45) is 0.766. The first kappa shape index (κ1) is 20.9. The fourth-order valence-electron chi connectivity index (χ4n) is 2.81. The van der Waals surface area contributed by atoms with Crippen molar-refractivity contribution in [3.8, 4) is 5.75 Å². The summed E-state index contributed by atoms with van der Waals surface area (Å²) in [6, 6.07) is 9.41. The summed E-state index contributed by atoms with van der Waals surface area (Å²) >= 11 is 0. The third-order valence-corrected chi connectivity index (χ3v) is 5.93. The van der Waals surface area contributed by atoms with E-state index in [2.05, 4.69) is 10.0 Å². The highest BCUT2D eigenvalue weighted by Crippen LogP contribution is 2.23. The van der Waals surface area contributed by atoms with Crippen molar-refractivity contribution in [3.63, 3.8) is 0 Å². The molecule has 27 heavy (non-hydrogen) atoms. The number of ether oxygens (including phenoxy) is 1. The number of sulfonamides is 1. The number of carbonyl (C=O) groups excluding carboxylic acids is 1. The Morgan fingerprint density at radius 3 is 2.44 bits per heavy atom. The van der Waals surface area contributed by atoms with Crippen molar-refractivity contribution in [1.29, 1.82) is 0 Å². The zero-order valence-electron chi connectivity index (χ0n) is 16.3. The maximum absolute atomic E-state index is 12.6. The number of rotatable bonds is 7. The molecule has 0 aromatic heterocycles. The van der Waals surface area contributed by atoms with Crippen LogP contribution < -0.4 is 14.8 Å². The lowest BCUT2D eigenvalue weighted by Crippen LogP contribution is -2.41. The average Bonchev–Trinajstić information content (AvgIpc) is 2.62. The number of para-hydroxylation sites is 1. The van der Waals surface area contributed by atoms with Crippen molar-refractivity contribution >= 4 is 21.6 Å². The normalized spacial score (nSPS) is 12.5. The summed E-state index contributed by atoms with van der Waals surface area (Å²) < 4.78 is 32.8. The van der Waals surface area contributed by atoms with E-state index in [0.717, 1.165) is 23.2 Å². The molecular formula is C20H26N2O4S. The SMILES string of the molecule is CCc1cccc(C)c1NC(=O)[C@@H](C)NS(=O)(=O)c1ccc(OC)c(C)c1. The Labute approximate surface area is 161 Å². The zero-order valence-corrected chi connectivity index (χ0v) is 17.1. The van der Waals surface area contributed by atoms with Crippen LogP contribution in [0.2, 0.25) is 0 Å². The Morgan fingerprint density at radius 1 is 1.15 bits per heavy atom. The van der Waals surface area contributed by atoms with Gasteiger partial charge in [0.25, 0.3) is 0 Å². The summed E-state index contributed by atoms with van der Waals surface area (Å²) in [5.41, 5.74) is 3.37. The Morgan fingerprint density at radius 2 is 1.85 bits per heavy atom. The molecule has 0 heterocycles. The minimum atomic E-state index is -3.84. The molecule has 0 bridgehead atoms. The van der Waals surface area contributed by atoms with Crippen molar-refractivity contribution in [2.45, 2.75) is 45.1 Å². The highest BCUT2D eigenvalue weighted by Gasteiger charge is 2.23. The van der Waals surface area contributed by atoms with Crippen LogP contribution in [0, 0.1) is 13.8 Å². The molecule has 6 nitrogen and oxygen atoms in total. The monoisotopic (exact) mass is 390 g/mol. The quantitative estimate of drug-likeness (QED) is 0.760. The van der Waals surface area contributed by atoms with Crippen molar-refractivity contribution in [3.05, 3.63) is 53.1 Å². The van der Waals surface area contributed by atoms with Crippen LogP contribution in [0.15, 0.2) is 41.3 Å². The van der Waals surface area contributed by atoms with Gasteiger partial charge in [-0.25, -0.2) is 8.42 Å². The molecular weight excluding hydrogens is 364 g/mol. The van der Waals surface area contributed by atoms with Gasteiger partial charge in [0.2, 0.25) is 15.9 Å². The second-order valence-corrected chi connectivity index (χ2v) is 8.14. The number of aryl methyl sites for hydroxylation is 3. The molecule has 0 aliphatic rings. The zero-order chi connectivity index (χ0) is 20.2. The van der Waals surface area contributed by atoms with E-state index in [9.17, 15) is 13.2 Å². The topological polar surface area (TPSA) is 84.5 Å². The van der Waals surface area contributed by atoms with Gasteiger partial charge in [-0.05, 0) is 62.1 Å². The largest absolute Gasteiger partial charge is 0.496 e. The molecule has 1 amide bonds. The van der Waals surface area contributed by atoms with Crippen LogP contribution in [0.1, 0.15) is 30.5 Å². The molecule has 1 atom stereocenters. The van der Waals surface area contributed by atoms with E-state index in [1.165, 1.54) is 26.2 Å². The molecule has 2 aromatic rings. The standard InChI is InChI=1S/C20H26N2O4S/c1-6-16-9-7-8-13(2)19(16)21-20(23)15(4)22-27(24,25)17-10-11-18(26-5)14(3)12-17/h7-12,15,22H,6H2,1-5H3,(H,21,23)/t15-/m1/s1. The fraction of sp³-hybridized carbons (Fsp3) is 0.350. The minimum absolute atomic E-state index is 0.0885. The number of amides is 1. The van der Waals surface area contributed by atoms with E-state index in [-0.39, 0.29) is 4.90 Å². The first-order chi connectivity index (χ1) is 12.7. The van der Waals surface area contributed by atoms with Crippen molar-refractivity contribution in [2.24, 2.45) is 0 Å². The number of methoxy groups -OCH3 is 1. The van der Waals surface area contributed by atoms with Gasteiger partial charge >= 0.3 is 0 Å². The summed E-state index contributed by atoms with van der Waals surface area (Å²) in [6.45, 7) is 7.19. The van der Waals surface area contributed by atoms with E-state index < -0.39 is 22.0 Å². The molecule has 0 aliphatic carbocycles. The van der Waals surface area contributed by atoms with Gasteiger partial charge in [-0.2, -0.15) is 4.72 Å². The molecule has 0 saturated heterocycles. The lowest BCUT2D eigenvalue weighted by atomic mass is 10.1. The molecule has 0 unspecified atom stereocenters. The Kier molecular flexibility index (Phi) is 6.62. The Hall–Kier alpha value is -2.38. The van der Waals surface area contributed by atoms with Gasteiger partial charge in [-0.1, -0.05) is 25.1 Å². The Bertz CT molecular complexity index is 939. The van der Waals surface area contributed by atoms with Crippen LogP contribution in [0.5, 0.6) is 5.75 Å². The molecule has 7 heteroatoms. The first-order valence-electron chi connectivity index (χ1n) is 8.76. The number of nitrogens with one attached hydrogen (secondary N) is 2. The molecule has 2 rings (SSSR count). The Balaban J connectivity index is 2.17. The molecule has 0 radical (unpaired) electrons. The van der Waals surface area contributed by atoms with Crippen LogP contribution in [0.4, 0.5) is 5.69 Å². The summed E-state index contributed by atoms with van der Waals surface area (Å²) in [5.74, 6) is 0.194. The molecule has 146 valence electrons. The maximum atomic E-state index is 12.6. The molecule has 0 saturated carbocycles. The van der Waals surface area contributed by atoms with Crippen molar-refractivity contribution < 1.29 is 17.9 Å². The summed E-state index contributed by atoms with van der Waals surface area (Å²) in [5, 5.41) is 2.85. The van der Waals surface area contributed by atoms with Gasteiger partial charge < -0.3 is 10.1 Å². The van der Waals surface area contributed by atoms with Crippen LogP contribution >= 0.6 is 0 Å². The molecule has 2 aromatic carbocycles. The highest BCUT2D eigenvalue weighted by atomic mass is 32.2. The number of benzene rings is 2. The van der Waals surface area contributed by atoms with E-state index in [0.29, 0.717) is 11.3 Å². The highest BCUT2D eigenvalue weighted by molar-refractivity contribution is 7.89. The molecule has 0 fully saturated rings. The van der Waals surface area contributed by atoms with Crippen LogP contribution in [-0.2, 0) is 21.2 Å². The molecule has 0 spiro atoms. The maximum Gasteiger partial charge on any atom is 0.242 e. The lowest BCUT2D eigenvalue weighted by Gasteiger charge is -2.18. The fourth-order valence-corrected chi connectivity index (χ4v) is 4.09. The summed E-state index contributed by atoms with van der Waals surface area (Å²) in [4.78, 5) is 12.6. The van der Waals surface area contributed by atoms with Crippen molar-refractivity contribution in [1.82, 2.24) is 4.72 Å². The van der Waals surface area contributed by atoms with Crippen LogP contribution in [0.3, 0.4) is 0 Å². The number of carbonyl (C=O) groups is 1. The summed E-state index contributed by atoms with van der Waals surface area (Å²) in [7, 11) is -2.31. The first-order valence-corrected chi connectivity index (χ1v) is 10.2. The third-order valence-electron chi connectivity index (χ3n) is 4.39. The smallest absolute Gasteiger partial charge is 0.242 e. The number of hydrogen-bond acceptors (Lipinski definition) is 4. The van der Waals surface area contributed by atoms with Gasteiger partial charge in [0, 0.05) is 5.69 Å². The van der Waals surface area contributed by atoms with Gasteiger partial charge in [0.05, 0.1) is 18.0 Å². The van der Waals surface area contributed by atoms with Crippen molar-refractivity contribution in [2.75, 3.05) is 12.4 Å². The minimum Gasteiger partial charge on any atom is -0.496 e. The third kappa shape index (κ3) is 4.87.